The zero-order valence-electron chi connectivity index (χ0n) is 11.8. The maximum atomic E-state index is 9.15. The first kappa shape index (κ1) is 14.8. The Labute approximate surface area is 124 Å². The van der Waals surface area contributed by atoms with Crippen molar-refractivity contribution >= 4 is 21.6 Å². The van der Waals surface area contributed by atoms with Crippen LogP contribution in [-0.4, -0.2) is 42.2 Å². The molecule has 0 radical (unpaired) electrons. The van der Waals surface area contributed by atoms with Crippen molar-refractivity contribution in [1.29, 1.82) is 0 Å². The summed E-state index contributed by atoms with van der Waals surface area (Å²) in [5.41, 5.74) is 2.19. The molecule has 1 atom stereocenters. The number of anilines is 1. The van der Waals surface area contributed by atoms with Crippen LogP contribution in [-0.2, 0) is 6.61 Å². The molecule has 3 nitrogen and oxygen atoms in total. The van der Waals surface area contributed by atoms with Crippen molar-refractivity contribution in [1.82, 2.24) is 4.90 Å². The maximum Gasteiger partial charge on any atom is 0.0682 e. The summed E-state index contributed by atoms with van der Waals surface area (Å²) in [6.45, 7) is 9.05. The molecule has 1 heterocycles. The van der Waals surface area contributed by atoms with Crippen LogP contribution in [0.15, 0.2) is 22.7 Å². The summed E-state index contributed by atoms with van der Waals surface area (Å²) in [5, 5.41) is 9.15. The van der Waals surface area contributed by atoms with E-state index in [-0.39, 0.29) is 6.61 Å². The summed E-state index contributed by atoms with van der Waals surface area (Å²) >= 11 is 3.61. The van der Waals surface area contributed by atoms with E-state index in [0.717, 1.165) is 36.2 Å². The first-order valence-corrected chi connectivity index (χ1v) is 7.83. The lowest BCUT2D eigenvalue weighted by Gasteiger charge is -2.39. The second-order valence-corrected chi connectivity index (χ2v) is 6.08. The number of hydrogen-bond acceptors (Lipinski definition) is 3. The molecule has 0 aromatic heterocycles. The molecule has 0 amide bonds. The molecule has 1 N–H and O–H groups in total. The van der Waals surface area contributed by atoms with Crippen LogP contribution < -0.4 is 4.90 Å². The van der Waals surface area contributed by atoms with Crippen molar-refractivity contribution < 1.29 is 5.11 Å². The van der Waals surface area contributed by atoms with Crippen LogP contribution in [0.5, 0.6) is 0 Å². The van der Waals surface area contributed by atoms with Gasteiger partial charge < -0.3 is 10.0 Å². The molecule has 1 aliphatic heterocycles. The van der Waals surface area contributed by atoms with Gasteiger partial charge in [0.1, 0.15) is 0 Å². The van der Waals surface area contributed by atoms with Crippen molar-refractivity contribution in [3.63, 3.8) is 0 Å². The van der Waals surface area contributed by atoms with Crippen LogP contribution in [0.25, 0.3) is 0 Å². The van der Waals surface area contributed by atoms with Crippen LogP contribution in [0.4, 0.5) is 5.69 Å². The number of halogens is 1. The Morgan fingerprint density at radius 2 is 1.95 bits per heavy atom. The average molecular weight is 327 g/mol. The average Bonchev–Trinajstić information content (AvgIpc) is 2.46. The third kappa shape index (κ3) is 3.50. The molecule has 1 aromatic carbocycles. The van der Waals surface area contributed by atoms with Gasteiger partial charge in [0, 0.05) is 36.7 Å². The molecule has 1 unspecified atom stereocenters. The van der Waals surface area contributed by atoms with E-state index in [2.05, 4.69) is 45.6 Å². The predicted octanol–water partition coefficient (Wildman–Crippen LogP) is 2.86. The van der Waals surface area contributed by atoms with E-state index < -0.39 is 0 Å². The zero-order valence-corrected chi connectivity index (χ0v) is 13.4. The number of nitrogens with zero attached hydrogens (tertiary/aromatic N) is 2. The van der Waals surface area contributed by atoms with Crippen molar-refractivity contribution in [2.24, 2.45) is 0 Å². The molecule has 4 heteroatoms. The van der Waals surface area contributed by atoms with Gasteiger partial charge in [-0.2, -0.15) is 0 Å². The van der Waals surface area contributed by atoms with Gasteiger partial charge in [0.25, 0.3) is 0 Å². The lowest BCUT2D eigenvalue weighted by atomic mass is 10.1. The van der Waals surface area contributed by atoms with Gasteiger partial charge in [-0.3, -0.25) is 4.90 Å². The highest BCUT2D eigenvalue weighted by Crippen LogP contribution is 2.28. The highest BCUT2D eigenvalue weighted by atomic mass is 79.9. The van der Waals surface area contributed by atoms with Gasteiger partial charge in [-0.05, 0) is 47.0 Å². The molecule has 19 heavy (non-hydrogen) atoms. The largest absolute Gasteiger partial charge is 0.392 e. The molecule has 0 saturated carbocycles. The first-order chi connectivity index (χ1) is 9.15. The summed E-state index contributed by atoms with van der Waals surface area (Å²) in [6.07, 6.45) is 1.22. The standard InChI is InChI=1S/C15H23BrN2O/c1-3-12(2)17-6-8-18(9-7-17)15-5-4-13(11-19)10-14(15)16/h4-5,10,12,19H,3,6-9,11H2,1-2H3. The topological polar surface area (TPSA) is 26.7 Å². The minimum atomic E-state index is 0.0979. The number of benzene rings is 1. The summed E-state index contributed by atoms with van der Waals surface area (Å²) in [5.74, 6) is 0. The van der Waals surface area contributed by atoms with E-state index in [1.807, 2.05) is 12.1 Å². The third-order valence-corrected chi connectivity index (χ3v) is 4.70. The van der Waals surface area contributed by atoms with Crippen LogP contribution in [0.3, 0.4) is 0 Å². The summed E-state index contributed by atoms with van der Waals surface area (Å²) in [4.78, 5) is 4.98. The molecule has 2 rings (SSSR count). The molecule has 0 aliphatic carbocycles. The molecule has 1 aliphatic rings. The fourth-order valence-electron chi connectivity index (χ4n) is 2.57. The summed E-state index contributed by atoms with van der Waals surface area (Å²) < 4.78 is 1.08. The van der Waals surface area contributed by atoms with Gasteiger partial charge in [-0.1, -0.05) is 13.0 Å². The minimum absolute atomic E-state index is 0.0979. The van der Waals surface area contributed by atoms with Crippen LogP contribution in [0.2, 0.25) is 0 Å². The van der Waals surface area contributed by atoms with Crippen LogP contribution >= 0.6 is 15.9 Å². The Kier molecular flexibility index (Phi) is 5.25. The van der Waals surface area contributed by atoms with E-state index in [1.165, 1.54) is 12.1 Å². The normalized spacial score (nSPS) is 18.6. The zero-order chi connectivity index (χ0) is 13.8. The number of piperazine rings is 1. The van der Waals surface area contributed by atoms with Gasteiger partial charge in [0.15, 0.2) is 0 Å². The third-order valence-electron chi connectivity index (χ3n) is 4.06. The van der Waals surface area contributed by atoms with E-state index in [9.17, 15) is 0 Å². The Bertz CT molecular complexity index is 417. The molecule has 0 bridgehead atoms. The highest BCUT2D eigenvalue weighted by molar-refractivity contribution is 9.10. The van der Waals surface area contributed by atoms with Crippen molar-refractivity contribution in [2.45, 2.75) is 32.9 Å². The monoisotopic (exact) mass is 326 g/mol. The number of aliphatic hydroxyl groups excluding tert-OH is 1. The Hall–Kier alpha value is -0.580. The molecule has 1 fully saturated rings. The molecule has 0 spiro atoms. The van der Waals surface area contributed by atoms with Gasteiger partial charge in [0.05, 0.1) is 12.3 Å². The maximum absolute atomic E-state index is 9.15. The Morgan fingerprint density at radius 1 is 1.26 bits per heavy atom. The molecule has 106 valence electrons. The highest BCUT2D eigenvalue weighted by Gasteiger charge is 2.21. The van der Waals surface area contributed by atoms with Crippen LogP contribution in [0, 0.1) is 0 Å². The summed E-state index contributed by atoms with van der Waals surface area (Å²) in [7, 11) is 0. The van der Waals surface area contributed by atoms with Crippen molar-refractivity contribution in [2.75, 3.05) is 31.1 Å². The van der Waals surface area contributed by atoms with E-state index in [4.69, 9.17) is 5.11 Å². The first-order valence-electron chi connectivity index (χ1n) is 7.04. The van der Waals surface area contributed by atoms with Gasteiger partial charge >= 0.3 is 0 Å². The lowest BCUT2D eigenvalue weighted by Crippen LogP contribution is -2.49. The second kappa shape index (κ2) is 6.73. The minimum Gasteiger partial charge on any atom is -0.392 e. The fraction of sp³-hybridized carbons (Fsp3) is 0.600. The van der Waals surface area contributed by atoms with Gasteiger partial charge in [-0.25, -0.2) is 0 Å². The predicted molar refractivity (Wildman–Crippen MR) is 83.6 cm³/mol. The van der Waals surface area contributed by atoms with Crippen molar-refractivity contribution in [3.8, 4) is 0 Å². The molecular formula is C15H23BrN2O. The molecule has 1 saturated heterocycles. The Balaban J connectivity index is 2.01. The van der Waals surface area contributed by atoms with E-state index in [0.29, 0.717) is 6.04 Å². The Morgan fingerprint density at radius 3 is 2.47 bits per heavy atom. The quantitative estimate of drug-likeness (QED) is 0.921. The van der Waals surface area contributed by atoms with Gasteiger partial charge in [0.2, 0.25) is 0 Å². The van der Waals surface area contributed by atoms with Crippen LogP contribution in [0.1, 0.15) is 25.8 Å². The van der Waals surface area contributed by atoms with Crippen molar-refractivity contribution in [3.05, 3.63) is 28.2 Å². The second-order valence-electron chi connectivity index (χ2n) is 5.22. The number of rotatable bonds is 4. The van der Waals surface area contributed by atoms with E-state index in [1.54, 1.807) is 0 Å². The summed E-state index contributed by atoms with van der Waals surface area (Å²) in [6, 6.07) is 6.80. The van der Waals surface area contributed by atoms with Gasteiger partial charge in [-0.15, -0.1) is 0 Å². The molecular weight excluding hydrogens is 304 g/mol. The smallest absolute Gasteiger partial charge is 0.0682 e. The molecule has 1 aromatic rings. The lowest BCUT2D eigenvalue weighted by molar-refractivity contribution is 0.193. The SMILES string of the molecule is CCC(C)N1CCN(c2ccc(CO)cc2Br)CC1. The number of aliphatic hydroxyl groups is 1. The number of hydrogen-bond donors (Lipinski definition) is 1. The van der Waals surface area contributed by atoms with E-state index >= 15 is 0 Å². The fourth-order valence-corrected chi connectivity index (χ4v) is 3.24.